The molecule has 0 unspecified atom stereocenters. The van der Waals surface area contributed by atoms with Crippen LogP contribution in [0.1, 0.15) is 16.7 Å². The lowest BCUT2D eigenvalue weighted by atomic mass is 10.1. The van der Waals surface area contributed by atoms with Crippen molar-refractivity contribution in [3.63, 3.8) is 0 Å². The highest BCUT2D eigenvalue weighted by molar-refractivity contribution is 5.40. The minimum absolute atomic E-state index is 0.251. The van der Waals surface area contributed by atoms with Gasteiger partial charge in [0.2, 0.25) is 0 Å². The third-order valence-corrected chi connectivity index (χ3v) is 3.09. The van der Waals surface area contributed by atoms with Crippen molar-refractivity contribution in [3.8, 4) is 11.5 Å². The maximum atomic E-state index is 13.0. The Morgan fingerprint density at radius 1 is 1.05 bits per heavy atom. The van der Waals surface area contributed by atoms with Gasteiger partial charge >= 0.3 is 0 Å². The minimum Gasteiger partial charge on any atom is -0.457 e. The second-order valence-corrected chi connectivity index (χ2v) is 4.64. The first-order valence-corrected chi connectivity index (χ1v) is 6.34. The van der Waals surface area contributed by atoms with E-state index in [1.165, 1.54) is 17.7 Å². The highest BCUT2D eigenvalue weighted by Crippen LogP contribution is 2.27. The number of ether oxygens (including phenoxy) is 1. The van der Waals surface area contributed by atoms with E-state index in [9.17, 15) is 4.39 Å². The molecule has 2 aromatic rings. The van der Waals surface area contributed by atoms with Crippen LogP contribution in [0.4, 0.5) is 4.39 Å². The van der Waals surface area contributed by atoms with Crippen molar-refractivity contribution in [3.05, 3.63) is 58.9 Å². The molecule has 100 valence electrons. The summed E-state index contributed by atoms with van der Waals surface area (Å²) >= 11 is 0. The molecule has 2 N–H and O–H groups in total. The van der Waals surface area contributed by atoms with Gasteiger partial charge in [-0.2, -0.15) is 0 Å². The first kappa shape index (κ1) is 13.6. The number of rotatable bonds is 4. The smallest absolute Gasteiger partial charge is 0.130 e. The molecule has 0 aliphatic carbocycles. The number of hydrogen-bond acceptors (Lipinski definition) is 2. The summed E-state index contributed by atoms with van der Waals surface area (Å²) in [5.74, 6) is 1.18. The van der Waals surface area contributed by atoms with E-state index >= 15 is 0 Å². The summed E-state index contributed by atoms with van der Waals surface area (Å²) in [6, 6.07) is 10.4. The van der Waals surface area contributed by atoms with Gasteiger partial charge in [0, 0.05) is 0 Å². The molecular weight excluding hydrogens is 241 g/mol. The zero-order chi connectivity index (χ0) is 13.8. The summed E-state index contributed by atoms with van der Waals surface area (Å²) < 4.78 is 18.8. The van der Waals surface area contributed by atoms with E-state index in [2.05, 4.69) is 0 Å². The molecule has 0 bridgehead atoms. The van der Waals surface area contributed by atoms with Gasteiger partial charge in [-0.1, -0.05) is 6.07 Å². The van der Waals surface area contributed by atoms with Crippen molar-refractivity contribution in [1.29, 1.82) is 0 Å². The van der Waals surface area contributed by atoms with E-state index in [-0.39, 0.29) is 5.82 Å². The summed E-state index contributed by atoms with van der Waals surface area (Å²) in [6.45, 7) is 4.50. The number of hydrogen-bond donors (Lipinski definition) is 1. The molecule has 0 saturated heterocycles. The Balaban J connectivity index is 2.21. The fraction of sp³-hybridized carbons (Fsp3) is 0.250. The lowest BCUT2D eigenvalue weighted by molar-refractivity contribution is 0.476. The average Bonchev–Trinajstić information content (AvgIpc) is 2.36. The zero-order valence-electron chi connectivity index (χ0n) is 11.2. The summed E-state index contributed by atoms with van der Waals surface area (Å²) in [5, 5.41) is 0. The second kappa shape index (κ2) is 5.85. The van der Waals surface area contributed by atoms with Crippen LogP contribution >= 0.6 is 0 Å². The summed E-state index contributed by atoms with van der Waals surface area (Å²) in [4.78, 5) is 0. The van der Waals surface area contributed by atoms with Gasteiger partial charge in [-0.05, 0) is 73.8 Å². The zero-order valence-corrected chi connectivity index (χ0v) is 11.2. The fourth-order valence-electron chi connectivity index (χ4n) is 2.02. The third kappa shape index (κ3) is 3.32. The van der Waals surface area contributed by atoms with Gasteiger partial charge in [-0.15, -0.1) is 0 Å². The lowest BCUT2D eigenvalue weighted by Gasteiger charge is -2.11. The molecule has 0 fully saturated rings. The van der Waals surface area contributed by atoms with Gasteiger partial charge in [0.1, 0.15) is 17.3 Å². The predicted molar refractivity (Wildman–Crippen MR) is 75.1 cm³/mol. The Labute approximate surface area is 113 Å². The Hall–Kier alpha value is -1.87. The van der Waals surface area contributed by atoms with Crippen molar-refractivity contribution >= 4 is 0 Å². The maximum absolute atomic E-state index is 13.0. The number of aryl methyl sites for hydroxylation is 2. The van der Waals surface area contributed by atoms with Crippen LogP contribution in [-0.4, -0.2) is 6.54 Å². The highest BCUT2D eigenvalue weighted by atomic mass is 19.1. The SMILES string of the molecule is Cc1cc(Oc2ccc(F)cc2C)ccc1CCN. The number of nitrogens with two attached hydrogens (primary N) is 1. The molecule has 2 aromatic carbocycles. The average molecular weight is 259 g/mol. The molecule has 0 radical (unpaired) electrons. The molecule has 0 aliphatic heterocycles. The molecule has 0 heterocycles. The Morgan fingerprint density at radius 3 is 2.47 bits per heavy atom. The van der Waals surface area contributed by atoms with Crippen LogP contribution in [0.15, 0.2) is 36.4 Å². The van der Waals surface area contributed by atoms with Gasteiger partial charge < -0.3 is 10.5 Å². The van der Waals surface area contributed by atoms with Gasteiger partial charge in [0.05, 0.1) is 0 Å². The van der Waals surface area contributed by atoms with Crippen molar-refractivity contribution in [2.75, 3.05) is 6.54 Å². The Bertz CT molecular complexity index is 581. The van der Waals surface area contributed by atoms with Crippen molar-refractivity contribution in [2.45, 2.75) is 20.3 Å². The van der Waals surface area contributed by atoms with Crippen molar-refractivity contribution in [2.24, 2.45) is 5.73 Å². The van der Waals surface area contributed by atoms with Gasteiger partial charge in [0.15, 0.2) is 0 Å². The lowest BCUT2D eigenvalue weighted by Crippen LogP contribution is -2.04. The molecular formula is C16H18FNO. The largest absolute Gasteiger partial charge is 0.457 e. The number of halogens is 1. The van der Waals surface area contributed by atoms with E-state index in [1.807, 2.05) is 32.0 Å². The monoisotopic (exact) mass is 259 g/mol. The van der Waals surface area contributed by atoms with Crippen LogP contribution in [0.2, 0.25) is 0 Å². The van der Waals surface area contributed by atoms with Gasteiger partial charge in [-0.3, -0.25) is 0 Å². The van der Waals surface area contributed by atoms with Crippen molar-refractivity contribution in [1.82, 2.24) is 0 Å². The van der Waals surface area contributed by atoms with Crippen LogP contribution < -0.4 is 10.5 Å². The topological polar surface area (TPSA) is 35.2 Å². The van der Waals surface area contributed by atoms with Gasteiger partial charge in [0.25, 0.3) is 0 Å². The molecule has 0 saturated carbocycles. The first-order valence-electron chi connectivity index (χ1n) is 6.34. The Kier molecular flexibility index (Phi) is 4.17. The summed E-state index contributed by atoms with van der Waals surface area (Å²) in [6.07, 6.45) is 0.863. The van der Waals surface area contributed by atoms with Crippen LogP contribution in [0.5, 0.6) is 11.5 Å². The van der Waals surface area contributed by atoms with Crippen LogP contribution in [0, 0.1) is 19.7 Å². The Morgan fingerprint density at radius 2 is 1.84 bits per heavy atom. The molecule has 0 atom stereocenters. The van der Waals surface area contributed by atoms with Gasteiger partial charge in [-0.25, -0.2) is 4.39 Å². The number of benzene rings is 2. The standard InChI is InChI=1S/C16H18FNO/c1-11-10-15(5-3-13(11)7-8-18)19-16-6-4-14(17)9-12(16)2/h3-6,9-10H,7-8,18H2,1-2H3. The molecule has 2 nitrogen and oxygen atoms in total. The molecule has 19 heavy (non-hydrogen) atoms. The quantitative estimate of drug-likeness (QED) is 0.907. The van der Waals surface area contributed by atoms with Crippen molar-refractivity contribution < 1.29 is 9.13 Å². The minimum atomic E-state index is -0.251. The fourth-order valence-corrected chi connectivity index (χ4v) is 2.02. The molecule has 0 aliphatic rings. The van der Waals surface area contributed by atoms with Crippen LogP contribution in [0.25, 0.3) is 0 Å². The van der Waals surface area contributed by atoms with E-state index < -0.39 is 0 Å². The summed E-state index contributed by atoms with van der Waals surface area (Å²) in [5.41, 5.74) is 8.72. The van der Waals surface area contributed by atoms with Crippen LogP contribution in [-0.2, 0) is 6.42 Å². The predicted octanol–water partition coefficient (Wildman–Crippen LogP) is 3.74. The van der Waals surface area contributed by atoms with E-state index in [1.54, 1.807) is 6.07 Å². The first-order chi connectivity index (χ1) is 9.10. The summed E-state index contributed by atoms with van der Waals surface area (Å²) in [7, 11) is 0. The molecule has 0 aromatic heterocycles. The van der Waals surface area contributed by atoms with Crippen LogP contribution in [0.3, 0.4) is 0 Å². The molecule has 2 rings (SSSR count). The van der Waals surface area contributed by atoms with E-state index in [0.717, 1.165) is 23.3 Å². The van der Waals surface area contributed by atoms with E-state index in [0.29, 0.717) is 12.3 Å². The maximum Gasteiger partial charge on any atom is 0.130 e. The molecule has 0 amide bonds. The van der Waals surface area contributed by atoms with E-state index in [4.69, 9.17) is 10.5 Å². The molecule has 3 heteroatoms. The normalized spacial score (nSPS) is 10.5. The molecule has 0 spiro atoms. The second-order valence-electron chi connectivity index (χ2n) is 4.64. The highest BCUT2D eigenvalue weighted by Gasteiger charge is 2.05. The third-order valence-electron chi connectivity index (χ3n) is 3.09.